The second-order valence-corrected chi connectivity index (χ2v) is 4.75. The van der Waals surface area contributed by atoms with E-state index in [1.807, 2.05) is 4.90 Å². The molecular formula is C13H25NO4. The van der Waals surface area contributed by atoms with E-state index in [9.17, 15) is 14.7 Å². The molecule has 0 aliphatic heterocycles. The van der Waals surface area contributed by atoms with Gasteiger partial charge in [-0.15, -0.1) is 0 Å². The second kappa shape index (κ2) is 10.2. The fourth-order valence-corrected chi connectivity index (χ4v) is 1.75. The summed E-state index contributed by atoms with van der Waals surface area (Å²) in [6.07, 6.45) is 1.78. The van der Waals surface area contributed by atoms with E-state index in [1.165, 1.54) is 0 Å². The van der Waals surface area contributed by atoms with Crippen LogP contribution in [-0.4, -0.2) is 59.0 Å². The van der Waals surface area contributed by atoms with E-state index in [1.54, 1.807) is 13.8 Å². The lowest BCUT2D eigenvalue weighted by Gasteiger charge is -2.24. The van der Waals surface area contributed by atoms with E-state index in [0.29, 0.717) is 32.5 Å². The lowest BCUT2D eigenvalue weighted by molar-refractivity contribution is -0.117. The van der Waals surface area contributed by atoms with E-state index in [4.69, 9.17) is 5.11 Å². The second-order valence-electron chi connectivity index (χ2n) is 4.75. The molecular weight excluding hydrogens is 234 g/mol. The SMILES string of the molecule is CC(=O)CCCN(CCCC(C)=O)CC(O)CO. The zero-order valence-electron chi connectivity index (χ0n) is 11.4. The highest BCUT2D eigenvalue weighted by atomic mass is 16.3. The number of aliphatic hydroxyl groups excluding tert-OH is 2. The van der Waals surface area contributed by atoms with Crippen molar-refractivity contribution in [3.63, 3.8) is 0 Å². The van der Waals surface area contributed by atoms with Crippen molar-refractivity contribution in [1.82, 2.24) is 4.90 Å². The Kier molecular flexibility index (Phi) is 9.73. The quantitative estimate of drug-likeness (QED) is 0.561. The molecule has 18 heavy (non-hydrogen) atoms. The van der Waals surface area contributed by atoms with Crippen LogP contribution < -0.4 is 0 Å². The molecule has 0 aromatic heterocycles. The lowest BCUT2D eigenvalue weighted by atomic mass is 10.2. The minimum atomic E-state index is -0.764. The first-order valence-electron chi connectivity index (χ1n) is 6.45. The normalized spacial score (nSPS) is 12.7. The van der Waals surface area contributed by atoms with Crippen LogP contribution in [0.4, 0.5) is 0 Å². The minimum absolute atomic E-state index is 0.154. The zero-order chi connectivity index (χ0) is 14.0. The molecule has 0 fully saturated rings. The molecule has 0 radical (unpaired) electrons. The number of ketones is 2. The van der Waals surface area contributed by atoms with Gasteiger partial charge in [0.1, 0.15) is 11.6 Å². The molecule has 0 aromatic rings. The fraction of sp³-hybridized carbons (Fsp3) is 0.846. The number of hydrogen-bond donors (Lipinski definition) is 2. The summed E-state index contributed by atoms with van der Waals surface area (Å²) >= 11 is 0. The van der Waals surface area contributed by atoms with Gasteiger partial charge in [0.2, 0.25) is 0 Å². The molecule has 0 saturated carbocycles. The monoisotopic (exact) mass is 259 g/mol. The first kappa shape index (κ1) is 17.2. The maximum atomic E-state index is 10.9. The smallest absolute Gasteiger partial charge is 0.129 e. The Morgan fingerprint density at radius 2 is 1.50 bits per heavy atom. The summed E-state index contributed by atoms with van der Waals surface area (Å²) in [7, 11) is 0. The van der Waals surface area contributed by atoms with Gasteiger partial charge in [-0.2, -0.15) is 0 Å². The zero-order valence-corrected chi connectivity index (χ0v) is 11.4. The largest absolute Gasteiger partial charge is 0.394 e. The van der Waals surface area contributed by atoms with Crippen molar-refractivity contribution in [3.05, 3.63) is 0 Å². The third-order valence-corrected chi connectivity index (χ3v) is 2.69. The van der Waals surface area contributed by atoms with Crippen molar-refractivity contribution in [3.8, 4) is 0 Å². The van der Waals surface area contributed by atoms with Gasteiger partial charge in [0, 0.05) is 19.4 Å². The Bertz CT molecular complexity index is 235. The number of aliphatic hydroxyl groups is 2. The van der Waals surface area contributed by atoms with E-state index in [0.717, 1.165) is 12.8 Å². The molecule has 0 saturated heterocycles. The van der Waals surface area contributed by atoms with Gasteiger partial charge in [-0.25, -0.2) is 0 Å². The van der Waals surface area contributed by atoms with E-state index in [2.05, 4.69) is 0 Å². The summed E-state index contributed by atoms with van der Waals surface area (Å²) in [6.45, 7) is 4.64. The van der Waals surface area contributed by atoms with E-state index in [-0.39, 0.29) is 18.2 Å². The van der Waals surface area contributed by atoms with Gasteiger partial charge in [-0.05, 0) is 39.8 Å². The highest BCUT2D eigenvalue weighted by molar-refractivity contribution is 5.75. The van der Waals surface area contributed by atoms with Crippen molar-refractivity contribution >= 4 is 11.6 Å². The van der Waals surface area contributed by atoms with Crippen LogP contribution in [0.15, 0.2) is 0 Å². The number of Topliss-reactive ketones (excluding diaryl/α,β-unsaturated/α-hetero) is 2. The van der Waals surface area contributed by atoms with Gasteiger partial charge in [0.05, 0.1) is 12.7 Å². The summed E-state index contributed by atoms with van der Waals surface area (Å²) in [5, 5.41) is 18.2. The molecule has 0 aliphatic carbocycles. The van der Waals surface area contributed by atoms with E-state index < -0.39 is 6.10 Å². The van der Waals surface area contributed by atoms with Crippen LogP contribution >= 0.6 is 0 Å². The average molecular weight is 259 g/mol. The lowest BCUT2D eigenvalue weighted by Crippen LogP contribution is -2.36. The Morgan fingerprint density at radius 1 is 1.06 bits per heavy atom. The molecule has 2 N–H and O–H groups in total. The van der Waals surface area contributed by atoms with Crippen molar-refractivity contribution in [1.29, 1.82) is 0 Å². The number of nitrogens with zero attached hydrogens (tertiary/aromatic N) is 1. The summed E-state index contributed by atoms with van der Waals surface area (Å²) in [5.74, 6) is 0.308. The molecule has 0 bridgehead atoms. The maximum Gasteiger partial charge on any atom is 0.129 e. The topological polar surface area (TPSA) is 77.8 Å². The van der Waals surface area contributed by atoms with Gasteiger partial charge in [-0.1, -0.05) is 0 Å². The first-order chi connectivity index (χ1) is 8.45. The van der Waals surface area contributed by atoms with Crippen LogP contribution in [-0.2, 0) is 9.59 Å². The molecule has 0 amide bonds. The molecule has 0 aliphatic rings. The van der Waals surface area contributed by atoms with E-state index >= 15 is 0 Å². The van der Waals surface area contributed by atoms with Gasteiger partial charge < -0.3 is 24.7 Å². The van der Waals surface area contributed by atoms with Crippen LogP contribution in [0, 0.1) is 0 Å². The first-order valence-corrected chi connectivity index (χ1v) is 6.45. The van der Waals surface area contributed by atoms with Crippen LogP contribution in [0.1, 0.15) is 39.5 Å². The number of hydrogen-bond acceptors (Lipinski definition) is 5. The highest BCUT2D eigenvalue weighted by Gasteiger charge is 2.11. The summed E-state index contributed by atoms with van der Waals surface area (Å²) in [6, 6.07) is 0. The average Bonchev–Trinajstić information content (AvgIpc) is 2.27. The maximum absolute atomic E-state index is 10.9. The predicted octanol–water partition coefficient (Wildman–Crippen LogP) is 0.380. The van der Waals surface area contributed by atoms with Crippen LogP contribution in [0.5, 0.6) is 0 Å². The third kappa shape index (κ3) is 10.4. The summed E-state index contributed by atoms with van der Waals surface area (Å²) in [5.41, 5.74) is 0. The summed E-state index contributed by atoms with van der Waals surface area (Å²) < 4.78 is 0. The van der Waals surface area contributed by atoms with Gasteiger partial charge in [0.25, 0.3) is 0 Å². The number of carbonyl (C=O) groups excluding carboxylic acids is 2. The molecule has 5 nitrogen and oxygen atoms in total. The molecule has 0 rings (SSSR count). The Morgan fingerprint density at radius 3 is 1.83 bits per heavy atom. The third-order valence-electron chi connectivity index (χ3n) is 2.69. The van der Waals surface area contributed by atoms with Crippen molar-refractivity contribution in [2.24, 2.45) is 0 Å². The highest BCUT2D eigenvalue weighted by Crippen LogP contribution is 2.02. The molecule has 5 heteroatoms. The van der Waals surface area contributed by atoms with Gasteiger partial charge in [0.15, 0.2) is 0 Å². The number of rotatable bonds is 11. The van der Waals surface area contributed by atoms with Crippen LogP contribution in [0.2, 0.25) is 0 Å². The Labute approximate surface area is 109 Å². The number of carbonyl (C=O) groups is 2. The van der Waals surface area contributed by atoms with Gasteiger partial charge >= 0.3 is 0 Å². The van der Waals surface area contributed by atoms with Crippen molar-refractivity contribution in [2.45, 2.75) is 45.6 Å². The Balaban J connectivity index is 3.98. The minimum Gasteiger partial charge on any atom is -0.394 e. The molecule has 0 heterocycles. The molecule has 1 unspecified atom stereocenters. The molecule has 0 spiro atoms. The van der Waals surface area contributed by atoms with Crippen molar-refractivity contribution < 1.29 is 19.8 Å². The standard InChI is InChI=1S/C13H25NO4/c1-11(16)5-3-7-14(9-13(18)10-15)8-4-6-12(2)17/h13,15,18H,3-10H2,1-2H3. The van der Waals surface area contributed by atoms with Gasteiger partial charge in [-0.3, -0.25) is 0 Å². The molecule has 106 valence electrons. The summed E-state index contributed by atoms with van der Waals surface area (Å²) in [4.78, 5) is 23.7. The fourth-order valence-electron chi connectivity index (χ4n) is 1.75. The van der Waals surface area contributed by atoms with Crippen LogP contribution in [0.25, 0.3) is 0 Å². The Hall–Kier alpha value is -0.780. The molecule has 1 atom stereocenters. The van der Waals surface area contributed by atoms with Crippen molar-refractivity contribution in [2.75, 3.05) is 26.2 Å². The molecule has 0 aromatic carbocycles. The predicted molar refractivity (Wildman–Crippen MR) is 69.4 cm³/mol. The van der Waals surface area contributed by atoms with Crippen LogP contribution in [0.3, 0.4) is 0 Å².